The van der Waals surface area contributed by atoms with Crippen molar-refractivity contribution >= 4 is 5.91 Å². The molecule has 6 heteroatoms. The molecular weight excluding hydrogens is 347 g/mol. The van der Waals surface area contributed by atoms with Gasteiger partial charge >= 0.3 is 0 Å². The fourth-order valence-corrected chi connectivity index (χ4v) is 3.55. The molecule has 1 aliphatic heterocycles. The first-order chi connectivity index (χ1) is 12.9. The van der Waals surface area contributed by atoms with Gasteiger partial charge in [0.1, 0.15) is 11.9 Å². The minimum absolute atomic E-state index is 0.00652. The second-order valence-corrected chi connectivity index (χ2v) is 6.90. The number of nitrogens with zero attached hydrogens (tertiary/aromatic N) is 2. The summed E-state index contributed by atoms with van der Waals surface area (Å²) >= 11 is 0. The molecule has 0 saturated carbocycles. The van der Waals surface area contributed by atoms with Gasteiger partial charge in [-0.05, 0) is 61.5 Å². The van der Waals surface area contributed by atoms with Gasteiger partial charge in [0.25, 0.3) is 0 Å². The highest BCUT2D eigenvalue weighted by Gasteiger charge is 2.30. The molecule has 0 radical (unpaired) electrons. The summed E-state index contributed by atoms with van der Waals surface area (Å²) in [5.74, 6) is 1.06. The first-order valence-electron chi connectivity index (χ1n) is 8.89. The molecule has 0 bridgehead atoms. The van der Waals surface area contributed by atoms with Crippen molar-refractivity contribution in [1.29, 1.82) is 0 Å². The highest BCUT2D eigenvalue weighted by Crippen LogP contribution is 2.34. The van der Waals surface area contributed by atoms with Crippen molar-refractivity contribution in [3.8, 4) is 11.5 Å². The highest BCUT2D eigenvalue weighted by molar-refractivity contribution is 5.83. The van der Waals surface area contributed by atoms with Crippen molar-refractivity contribution in [1.82, 2.24) is 9.80 Å². The summed E-state index contributed by atoms with van der Waals surface area (Å²) in [6.07, 6.45) is 0.755. The van der Waals surface area contributed by atoms with Gasteiger partial charge in [0, 0.05) is 13.1 Å². The van der Waals surface area contributed by atoms with Gasteiger partial charge in [-0.2, -0.15) is 0 Å². The minimum Gasteiger partial charge on any atom is -0.493 e. The molecule has 1 atom stereocenters. The molecule has 2 aromatic carbocycles. The normalized spacial score (nSPS) is 14.7. The molecule has 1 amide bonds. The first kappa shape index (κ1) is 19.2. The van der Waals surface area contributed by atoms with Gasteiger partial charge in [-0.15, -0.1) is 0 Å². The van der Waals surface area contributed by atoms with Gasteiger partial charge in [0.15, 0.2) is 11.5 Å². The molecule has 0 aliphatic carbocycles. The van der Waals surface area contributed by atoms with Gasteiger partial charge in [-0.3, -0.25) is 9.69 Å². The molecule has 3 rings (SSSR count). The van der Waals surface area contributed by atoms with Crippen LogP contribution >= 0.6 is 0 Å². The third-order valence-electron chi connectivity index (χ3n) is 4.97. The van der Waals surface area contributed by atoms with E-state index in [0.29, 0.717) is 24.6 Å². The number of hydrogen-bond acceptors (Lipinski definition) is 4. The molecule has 27 heavy (non-hydrogen) atoms. The number of rotatable bonds is 5. The van der Waals surface area contributed by atoms with Crippen molar-refractivity contribution in [2.24, 2.45) is 0 Å². The van der Waals surface area contributed by atoms with Crippen LogP contribution in [0.15, 0.2) is 36.4 Å². The Hall–Kier alpha value is -2.60. The number of ether oxygens (including phenoxy) is 2. The molecule has 1 unspecified atom stereocenters. The van der Waals surface area contributed by atoms with Crippen LogP contribution in [0.2, 0.25) is 0 Å². The molecule has 0 saturated heterocycles. The number of likely N-dealkylation sites (N-methyl/N-ethyl adjacent to an activating group) is 1. The maximum absolute atomic E-state index is 13.3. The third-order valence-corrected chi connectivity index (χ3v) is 4.97. The second kappa shape index (κ2) is 7.96. The van der Waals surface area contributed by atoms with Gasteiger partial charge < -0.3 is 14.4 Å². The number of hydrogen-bond donors (Lipinski definition) is 0. The smallest absolute Gasteiger partial charge is 0.244 e. The fraction of sp³-hybridized carbons (Fsp3) is 0.381. The average Bonchev–Trinajstić information content (AvgIpc) is 2.67. The van der Waals surface area contributed by atoms with Gasteiger partial charge in [-0.1, -0.05) is 12.1 Å². The average molecular weight is 372 g/mol. The molecule has 0 spiro atoms. The Balaban J connectivity index is 1.86. The van der Waals surface area contributed by atoms with Crippen molar-refractivity contribution < 1.29 is 18.7 Å². The Morgan fingerprint density at radius 1 is 1.07 bits per heavy atom. The van der Waals surface area contributed by atoms with E-state index in [1.165, 1.54) is 17.7 Å². The van der Waals surface area contributed by atoms with Crippen LogP contribution in [0.25, 0.3) is 0 Å². The van der Waals surface area contributed by atoms with Gasteiger partial charge in [0.2, 0.25) is 5.91 Å². The van der Waals surface area contributed by atoms with Crippen molar-refractivity contribution in [2.45, 2.75) is 19.0 Å². The zero-order valence-corrected chi connectivity index (χ0v) is 16.2. The lowest BCUT2D eigenvalue weighted by atomic mass is 9.97. The monoisotopic (exact) mass is 372 g/mol. The van der Waals surface area contributed by atoms with E-state index in [2.05, 4.69) is 0 Å². The predicted octanol–water partition coefficient (Wildman–Crippen LogP) is 3.03. The van der Waals surface area contributed by atoms with E-state index in [9.17, 15) is 9.18 Å². The SMILES string of the molecule is COc1cc2c(cc1OC)CN(C(=O)C(c1ccc(F)cc1)N(C)C)CC2. The highest BCUT2D eigenvalue weighted by atomic mass is 19.1. The van der Waals surface area contributed by atoms with Crippen LogP contribution < -0.4 is 9.47 Å². The molecule has 2 aromatic rings. The Bertz CT molecular complexity index is 821. The van der Waals surface area contributed by atoms with E-state index >= 15 is 0 Å². The molecule has 5 nitrogen and oxygen atoms in total. The van der Waals surface area contributed by atoms with Crippen LogP contribution in [0.4, 0.5) is 4.39 Å². The number of carbonyl (C=O) groups excluding carboxylic acids is 1. The quantitative estimate of drug-likeness (QED) is 0.809. The van der Waals surface area contributed by atoms with Crippen LogP contribution in [-0.2, 0) is 17.8 Å². The van der Waals surface area contributed by atoms with Gasteiger partial charge in [0.05, 0.1) is 14.2 Å². The largest absolute Gasteiger partial charge is 0.493 e. The Morgan fingerprint density at radius 3 is 2.22 bits per heavy atom. The number of fused-ring (bicyclic) bond motifs is 1. The number of benzene rings is 2. The summed E-state index contributed by atoms with van der Waals surface area (Å²) in [7, 11) is 6.94. The van der Waals surface area contributed by atoms with Crippen LogP contribution in [0.1, 0.15) is 22.7 Å². The number of carbonyl (C=O) groups is 1. The zero-order valence-electron chi connectivity index (χ0n) is 16.2. The van der Waals surface area contributed by atoms with Crippen LogP contribution in [0.3, 0.4) is 0 Å². The summed E-state index contributed by atoms with van der Waals surface area (Å²) in [5, 5.41) is 0. The molecule has 0 N–H and O–H groups in total. The van der Waals surface area contributed by atoms with Gasteiger partial charge in [-0.25, -0.2) is 4.39 Å². The minimum atomic E-state index is -0.452. The first-order valence-corrected chi connectivity index (χ1v) is 8.89. The number of amides is 1. The molecule has 1 heterocycles. The summed E-state index contributed by atoms with van der Waals surface area (Å²) in [4.78, 5) is 17.0. The summed E-state index contributed by atoms with van der Waals surface area (Å²) in [6, 6.07) is 9.60. The lowest BCUT2D eigenvalue weighted by Crippen LogP contribution is -2.43. The van der Waals surface area contributed by atoms with Crippen molar-refractivity contribution in [2.75, 3.05) is 34.9 Å². The fourth-order valence-electron chi connectivity index (χ4n) is 3.55. The summed E-state index contributed by atoms with van der Waals surface area (Å²) in [5.41, 5.74) is 3.01. The summed E-state index contributed by atoms with van der Waals surface area (Å²) in [6.45, 7) is 1.15. The molecule has 0 fully saturated rings. The lowest BCUT2D eigenvalue weighted by Gasteiger charge is -2.34. The Kier molecular flexibility index (Phi) is 5.65. The molecule has 0 aromatic heterocycles. The van der Waals surface area contributed by atoms with Crippen LogP contribution in [-0.4, -0.2) is 50.6 Å². The third kappa shape index (κ3) is 3.90. The Morgan fingerprint density at radius 2 is 1.67 bits per heavy atom. The van der Waals surface area contributed by atoms with E-state index in [0.717, 1.165) is 17.5 Å². The van der Waals surface area contributed by atoms with E-state index < -0.39 is 6.04 Å². The standard InChI is InChI=1S/C21H25FN2O3/c1-23(2)20(14-5-7-17(22)8-6-14)21(25)24-10-9-15-11-18(26-3)19(27-4)12-16(15)13-24/h5-8,11-12,20H,9-10,13H2,1-4H3. The van der Waals surface area contributed by atoms with E-state index in [-0.39, 0.29) is 11.7 Å². The molecule has 1 aliphatic rings. The summed E-state index contributed by atoms with van der Waals surface area (Å²) < 4.78 is 24.0. The molecular formula is C21H25FN2O3. The van der Waals surface area contributed by atoms with Crippen LogP contribution in [0.5, 0.6) is 11.5 Å². The number of methoxy groups -OCH3 is 2. The van der Waals surface area contributed by atoms with Crippen molar-refractivity contribution in [3.63, 3.8) is 0 Å². The topological polar surface area (TPSA) is 42.0 Å². The Labute approximate surface area is 159 Å². The predicted molar refractivity (Wildman–Crippen MR) is 101 cm³/mol. The maximum Gasteiger partial charge on any atom is 0.244 e. The molecule has 144 valence electrons. The zero-order chi connectivity index (χ0) is 19.6. The van der Waals surface area contributed by atoms with E-state index in [1.54, 1.807) is 26.4 Å². The van der Waals surface area contributed by atoms with E-state index in [1.807, 2.05) is 36.0 Å². The number of halogens is 1. The van der Waals surface area contributed by atoms with Crippen LogP contribution in [0, 0.1) is 5.82 Å². The lowest BCUT2D eigenvalue weighted by molar-refractivity contribution is -0.137. The second-order valence-electron chi connectivity index (χ2n) is 6.90. The van der Waals surface area contributed by atoms with Crippen molar-refractivity contribution in [3.05, 3.63) is 58.9 Å². The van der Waals surface area contributed by atoms with E-state index in [4.69, 9.17) is 9.47 Å². The maximum atomic E-state index is 13.3.